The van der Waals surface area contributed by atoms with Crippen LogP contribution in [0.4, 0.5) is 0 Å². The largest absolute Gasteiger partial charge is 0.490 e. The van der Waals surface area contributed by atoms with Crippen molar-refractivity contribution in [2.24, 2.45) is 35.5 Å². The van der Waals surface area contributed by atoms with E-state index in [9.17, 15) is 9.59 Å². The minimum atomic E-state index is -0.371. The molecule has 0 aliphatic heterocycles. The molecule has 2 fully saturated rings. The van der Waals surface area contributed by atoms with Crippen molar-refractivity contribution >= 4 is 141 Å². The molecule has 0 N–H and O–H groups in total. The number of fused-ring (bicyclic) bond motifs is 10. The number of carbonyl (C=O) groups is 2. The van der Waals surface area contributed by atoms with E-state index in [4.69, 9.17) is 18.9 Å². The molecule has 6 heteroatoms. The van der Waals surface area contributed by atoms with E-state index in [2.05, 4.69) is 172 Å². The first kappa shape index (κ1) is 67.6. The maximum absolute atomic E-state index is 13.4. The fourth-order valence-electron chi connectivity index (χ4n) is 21.2. The Hall–Kier alpha value is -9.00. The summed E-state index contributed by atoms with van der Waals surface area (Å²) in [6, 6.07) is 52.5. The fourth-order valence-corrected chi connectivity index (χ4v) is 21.2. The number of allylic oxidation sites excluding steroid dienone is 4. The van der Waals surface area contributed by atoms with Gasteiger partial charge in [-0.1, -0.05) is 239 Å². The van der Waals surface area contributed by atoms with Crippen LogP contribution in [-0.4, -0.2) is 37.4 Å². The van der Waals surface area contributed by atoms with Gasteiger partial charge in [-0.2, -0.15) is 0 Å². The number of aryl methyl sites for hydroxylation is 2. The quantitative estimate of drug-likeness (QED) is 0.0132. The van der Waals surface area contributed by atoms with Gasteiger partial charge in [0.2, 0.25) is 0 Å². The summed E-state index contributed by atoms with van der Waals surface area (Å²) in [6.07, 6.45) is 40.9. The van der Waals surface area contributed by atoms with E-state index in [0.29, 0.717) is 23.7 Å². The van der Waals surface area contributed by atoms with Gasteiger partial charge in [-0.15, -0.1) is 0 Å². The molecule has 15 aromatic carbocycles. The van der Waals surface area contributed by atoms with Crippen molar-refractivity contribution in [3.8, 4) is 33.8 Å². The monoisotopic (exact) mass is 1400 g/mol. The predicted octanol–water partition coefficient (Wildman–Crippen LogP) is 27.5. The van der Waals surface area contributed by atoms with E-state index in [0.717, 1.165) is 72.3 Å². The predicted molar refractivity (Wildman–Crippen MR) is 445 cm³/mol. The smallest absolute Gasteiger partial charge is 0.309 e. The molecule has 8 atom stereocenters. The van der Waals surface area contributed by atoms with Crippen molar-refractivity contribution in [1.82, 2.24) is 0 Å². The van der Waals surface area contributed by atoms with Gasteiger partial charge in [-0.05, 0) is 300 Å². The van der Waals surface area contributed by atoms with Crippen molar-refractivity contribution in [2.75, 3.05) is 13.2 Å². The van der Waals surface area contributed by atoms with Gasteiger partial charge in [-0.25, -0.2) is 0 Å². The summed E-state index contributed by atoms with van der Waals surface area (Å²) >= 11 is 0. The summed E-state index contributed by atoms with van der Waals surface area (Å²) in [5, 5.41) is 32.9. The summed E-state index contributed by atoms with van der Waals surface area (Å²) in [7, 11) is 0. The van der Waals surface area contributed by atoms with Crippen molar-refractivity contribution in [2.45, 2.75) is 207 Å². The molecule has 0 saturated heterocycles. The van der Waals surface area contributed by atoms with E-state index in [1.807, 2.05) is 13.8 Å². The van der Waals surface area contributed by atoms with E-state index in [1.165, 1.54) is 269 Å². The standard InChI is InChI=1S/C100H102O6/c1-5-7-9-11-13-15-17-19-21-23-27-61-49-79-73-29-25-31-75-83-53-69(65-37-41-71(42-38-65)103-57-59(3)105-99(101)77-47-63-33-35-67(77)45-63)55-85-86-56-70(66-39-43-72(44-40-66)104-58-60(4)106-100(102)78-48-64-34-36-68(78)46-64)54-84-76-32-26-30-74-80-50-62(28-24-22-20-18-16-14-12-10-8-6-2)52-82-81(51-61)89(79)95-93(87(73)75)97(91(83)85)98(92(84)86)94(88(74)76)96(95)90(80)82/h25-26,29-44,49-56,59-60,63-64,67-68,77-78H,5-24,27-28,45-48,57-58H2,1-4H3. The van der Waals surface area contributed by atoms with E-state index in [-0.39, 0.29) is 49.2 Å². The third kappa shape index (κ3) is 11.8. The first-order valence-electron chi connectivity index (χ1n) is 41.6. The molecule has 0 spiro atoms. The average Bonchev–Trinajstić information content (AvgIpc) is 0.645. The summed E-state index contributed by atoms with van der Waals surface area (Å²) < 4.78 is 25.0. The molecule has 0 heterocycles. The molecule has 0 amide bonds. The number of rotatable bonds is 34. The van der Waals surface area contributed by atoms with Crippen LogP contribution in [0.15, 0.2) is 158 Å². The molecule has 0 aromatic heterocycles. The Bertz CT molecular complexity index is 5420. The van der Waals surface area contributed by atoms with E-state index < -0.39 is 0 Å². The lowest BCUT2D eigenvalue weighted by Gasteiger charge is -2.30. The zero-order chi connectivity index (χ0) is 71.3. The molecule has 2 saturated carbocycles. The van der Waals surface area contributed by atoms with Gasteiger partial charge in [0, 0.05) is 0 Å². The Morgan fingerprint density at radius 3 is 0.925 bits per heavy atom. The van der Waals surface area contributed by atoms with Crippen LogP contribution in [-0.2, 0) is 31.9 Å². The maximum Gasteiger partial charge on any atom is 0.309 e. The lowest BCUT2D eigenvalue weighted by molar-refractivity contribution is -0.156. The highest BCUT2D eigenvalue weighted by atomic mass is 16.6. The van der Waals surface area contributed by atoms with Crippen LogP contribution in [0.1, 0.15) is 193 Å². The third-order valence-corrected chi connectivity index (χ3v) is 26.3. The highest BCUT2D eigenvalue weighted by Crippen LogP contribution is 2.61. The van der Waals surface area contributed by atoms with Gasteiger partial charge >= 0.3 is 11.9 Å². The van der Waals surface area contributed by atoms with Gasteiger partial charge in [0.05, 0.1) is 11.8 Å². The number of benzene rings is 15. The summed E-state index contributed by atoms with van der Waals surface area (Å²) in [5.41, 5.74) is 7.47. The van der Waals surface area contributed by atoms with Crippen molar-refractivity contribution in [1.29, 1.82) is 0 Å². The number of ether oxygens (including phenoxy) is 4. The minimum Gasteiger partial charge on any atom is -0.490 e. The fraction of sp³-hybridized carbons (Fsp3) is 0.400. The molecule has 15 aromatic rings. The lowest BCUT2D eigenvalue weighted by atomic mass is 9.72. The molecular formula is C100H102O6. The lowest BCUT2D eigenvalue weighted by Crippen LogP contribution is -2.28. The highest BCUT2D eigenvalue weighted by Gasteiger charge is 2.43. The molecule has 4 aliphatic carbocycles. The summed E-state index contributed by atoms with van der Waals surface area (Å²) in [4.78, 5) is 26.8. The molecule has 0 radical (unpaired) electrons. The van der Waals surface area contributed by atoms with Crippen LogP contribution in [0.25, 0.3) is 152 Å². The molecule has 8 unspecified atom stereocenters. The zero-order valence-electron chi connectivity index (χ0n) is 62.9. The molecular weight excluding hydrogens is 1300 g/mol. The van der Waals surface area contributed by atoms with Crippen molar-refractivity contribution < 1.29 is 28.5 Å². The number of hydrogen-bond acceptors (Lipinski definition) is 6. The first-order valence-corrected chi connectivity index (χ1v) is 41.6. The maximum atomic E-state index is 13.4. The summed E-state index contributed by atoms with van der Waals surface area (Å²) in [5.74, 6) is 2.84. The number of unbranched alkanes of at least 4 members (excludes halogenated alkanes) is 18. The van der Waals surface area contributed by atoms with Gasteiger partial charge < -0.3 is 18.9 Å². The van der Waals surface area contributed by atoms with Crippen molar-refractivity contribution in [3.63, 3.8) is 0 Å². The molecule has 19 rings (SSSR count). The Morgan fingerprint density at radius 2 is 0.613 bits per heavy atom. The topological polar surface area (TPSA) is 71.1 Å². The normalized spacial score (nSPS) is 19.2. The van der Waals surface area contributed by atoms with Gasteiger partial charge in [0.1, 0.15) is 36.9 Å². The second kappa shape index (κ2) is 28.3. The third-order valence-electron chi connectivity index (χ3n) is 26.3. The van der Waals surface area contributed by atoms with E-state index >= 15 is 0 Å². The minimum absolute atomic E-state index is 0.0462. The van der Waals surface area contributed by atoms with Gasteiger partial charge in [0.15, 0.2) is 0 Å². The molecule has 4 bridgehead atoms. The SMILES string of the molecule is CCCCCCCCCCCCc1cc2c3cccc4c5cc(-c6ccc(OCC(C)OC(=O)C7CC8C=CC7C8)cc6)cc6c7cc(-c8ccc(OCC(C)OC(=O)C9CC%10C=CC9C%10)cc8)cc8c9cccc%10c%11cc(CCCCCCCCCCCC)cc%12c(c1)c2c1c(c34)c(c56)c(c87)c(c%109)c1c%11%12. The average molecular weight is 1400 g/mol. The molecule has 4 aliphatic rings. The van der Waals surface area contributed by atoms with Crippen LogP contribution >= 0.6 is 0 Å². The van der Waals surface area contributed by atoms with Gasteiger partial charge in [-0.3, -0.25) is 9.59 Å². The zero-order valence-corrected chi connectivity index (χ0v) is 62.9. The highest BCUT2D eigenvalue weighted by molar-refractivity contribution is 6.61. The number of carbonyl (C=O) groups excluding carboxylic acids is 2. The van der Waals surface area contributed by atoms with Crippen LogP contribution in [0.2, 0.25) is 0 Å². The van der Waals surface area contributed by atoms with Crippen LogP contribution in [0, 0.1) is 35.5 Å². The van der Waals surface area contributed by atoms with Crippen LogP contribution < -0.4 is 9.47 Å². The Labute approximate surface area is 624 Å². The van der Waals surface area contributed by atoms with Crippen molar-refractivity contribution in [3.05, 3.63) is 169 Å². The molecule has 538 valence electrons. The Kier molecular flexibility index (Phi) is 18.0. The van der Waals surface area contributed by atoms with Crippen LogP contribution in [0.3, 0.4) is 0 Å². The first-order chi connectivity index (χ1) is 52.1. The number of hydrogen-bond donors (Lipinski definition) is 0. The molecule has 106 heavy (non-hydrogen) atoms. The Morgan fingerprint density at radius 1 is 0.321 bits per heavy atom. The number of esters is 2. The Balaban J connectivity index is 0.768. The van der Waals surface area contributed by atoms with Crippen LogP contribution in [0.5, 0.6) is 11.5 Å². The molecule has 6 nitrogen and oxygen atoms in total. The summed E-state index contributed by atoms with van der Waals surface area (Å²) in [6.45, 7) is 9.09. The van der Waals surface area contributed by atoms with Gasteiger partial charge in [0.25, 0.3) is 0 Å². The van der Waals surface area contributed by atoms with E-state index in [1.54, 1.807) is 0 Å². The second-order valence-electron chi connectivity index (χ2n) is 33.5. The second-order valence-corrected chi connectivity index (χ2v) is 33.5.